The highest BCUT2D eigenvalue weighted by molar-refractivity contribution is 5.92. The lowest BCUT2D eigenvalue weighted by molar-refractivity contribution is 0.0949. The largest absolute Gasteiger partial charge is 0.370 e. The maximum Gasteiger partial charge on any atom is 0.270 e. The number of rotatable bonds is 7. The number of hydrogen-bond donors (Lipinski definition) is 2. The van der Waals surface area contributed by atoms with Gasteiger partial charge in [0.05, 0.1) is 0 Å². The number of nitrogens with zero attached hydrogens (tertiary/aromatic N) is 2. The Kier molecular flexibility index (Phi) is 5.89. The van der Waals surface area contributed by atoms with Gasteiger partial charge in [-0.25, -0.2) is 9.97 Å². The molecule has 0 aliphatic heterocycles. The predicted octanol–water partition coefficient (Wildman–Crippen LogP) is 2.58. The molecule has 0 unspecified atom stereocenters. The zero-order chi connectivity index (χ0) is 15.8. The first kappa shape index (κ1) is 15.9. The molecule has 1 aromatic carbocycles. The normalized spacial score (nSPS) is 10.3. The van der Waals surface area contributed by atoms with Gasteiger partial charge in [-0.05, 0) is 25.3 Å². The molecule has 0 saturated heterocycles. The number of hydrogen-bond acceptors (Lipinski definition) is 4. The van der Waals surface area contributed by atoms with Crippen LogP contribution < -0.4 is 10.6 Å². The van der Waals surface area contributed by atoms with Crippen LogP contribution in [0.1, 0.15) is 35.2 Å². The van der Waals surface area contributed by atoms with Crippen LogP contribution in [-0.2, 0) is 6.42 Å². The summed E-state index contributed by atoms with van der Waals surface area (Å²) in [5.74, 6) is 1.12. The molecule has 0 atom stereocenters. The van der Waals surface area contributed by atoms with Crippen LogP contribution in [0.2, 0.25) is 0 Å². The molecule has 5 nitrogen and oxygen atoms in total. The molecule has 0 aliphatic carbocycles. The van der Waals surface area contributed by atoms with Crippen molar-refractivity contribution in [3.05, 3.63) is 53.5 Å². The number of aromatic nitrogens is 2. The number of amides is 1. The van der Waals surface area contributed by atoms with Crippen LogP contribution in [0.5, 0.6) is 0 Å². The highest BCUT2D eigenvalue weighted by Gasteiger charge is 2.09. The topological polar surface area (TPSA) is 66.9 Å². The Balaban J connectivity index is 1.92. The molecule has 22 heavy (non-hydrogen) atoms. The Morgan fingerprint density at radius 3 is 2.64 bits per heavy atom. The van der Waals surface area contributed by atoms with Crippen molar-refractivity contribution in [1.82, 2.24) is 15.3 Å². The molecule has 5 heteroatoms. The fraction of sp³-hybridized carbons (Fsp3) is 0.353. The van der Waals surface area contributed by atoms with E-state index in [0.29, 0.717) is 23.9 Å². The van der Waals surface area contributed by atoms with Crippen molar-refractivity contribution < 1.29 is 4.79 Å². The second-order valence-corrected chi connectivity index (χ2v) is 5.10. The van der Waals surface area contributed by atoms with E-state index in [9.17, 15) is 4.79 Å². The first-order valence-corrected chi connectivity index (χ1v) is 7.60. The third-order valence-electron chi connectivity index (χ3n) is 3.17. The first-order chi connectivity index (χ1) is 10.7. The van der Waals surface area contributed by atoms with Gasteiger partial charge in [-0.1, -0.05) is 37.3 Å². The summed E-state index contributed by atoms with van der Waals surface area (Å²) in [6.45, 7) is 5.28. The van der Waals surface area contributed by atoms with Crippen LogP contribution in [0.15, 0.2) is 36.4 Å². The molecule has 2 rings (SSSR count). The quantitative estimate of drug-likeness (QED) is 0.824. The molecule has 1 amide bonds. The third-order valence-corrected chi connectivity index (χ3v) is 3.17. The maximum absolute atomic E-state index is 12.2. The Morgan fingerprint density at radius 1 is 1.14 bits per heavy atom. The fourth-order valence-electron chi connectivity index (χ4n) is 2.08. The van der Waals surface area contributed by atoms with Gasteiger partial charge >= 0.3 is 0 Å². The maximum atomic E-state index is 12.2. The van der Waals surface area contributed by atoms with Crippen molar-refractivity contribution in [2.75, 3.05) is 18.4 Å². The van der Waals surface area contributed by atoms with E-state index in [0.717, 1.165) is 19.4 Å². The molecule has 0 aliphatic rings. The molecule has 1 heterocycles. The summed E-state index contributed by atoms with van der Waals surface area (Å²) in [5, 5.41) is 6.08. The second kappa shape index (κ2) is 8.12. The molecular formula is C17H22N4O. The summed E-state index contributed by atoms with van der Waals surface area (Å²) in [6, 6.07) is 11.8. The molecule has 0 radical (unpaired) electrons. The average molecular weight is 298 g/mol. The van der Waals surface area contributed by atoms with E-state index in [4.69, 9.17) is 0 Å². The third kappa shape index (κ3) is 4.84. The highest BCUT2D eigenvalue weighted by Crippen LogP contribution is 2.07. The monoisotopic (exact) mass is 298 g/mol. The van der Waals surface area contributed by atoms with Crippen LogP contribution in [0.3, 0.4) is 0 Å². The van der Waals surface area contributed by atoms with E-state index in [1.807, 2.05) is 30.3 Å². The van der Waals surface area contributed by atoms with Crippen LogP contribution in [0.25, 0.3) is 0 Å². The summed E-state index contributed by atoms with van der Waals surface area (Å²) in [4.78, 5) is 20.7. The lowest BCUT2D eigenvalue weighted by atomic mass is 10.1. The minimum Gasteiger partial charge on any atom is -0.370 e. The van der Waals surface area contributed by atoms with Crippen molar-refractivity contribution in [1.29, 1.82) is 0 Å². The van der Waals surface area contributed by atoms with Crippen molar-refractivity contribution in [3.8, 4) is 0 Å². The van der Waals surface area contributed by atoms with Gasteiger partial charge in [0.1, 0.15) is 17.3 Å². The Morgan fingerprint density at radius 2 is 1.91 bits per heavy atom. The minimum atomic E-state index is -0.166. The Labute approximate surface area is 131 Å². The summed E-state index contributed by atoms with van der Waals surface area (Å²) >= 11 is 0. The van der Waals surface area contributed by atoms with E-state index < -0.39 is 0 Å². The van der Waals surface area contributed by atoms with Gasteiger partial charge < -0.3 is 10.6 Å². The molecule has 2 aromatic rings. The zero-order valence-electron chi connectivity index (χ0n) is 13.1. The van der Waals surface area contributed by atoms with Gasteiger partial charge in [-0.15, -0.1) is 0 Å². The Hall–Kier alpha value is -2.43. The lowest BCUT2D eigenvalue weighted by Crippen LogP contribution is -2.27. The minimum absolute atomic E-state index is 0.166. The van der Waals surface area contributed by atoms with Crippen molar-refractivity contribution in [2.45, 2.75) is 26.7 Å². The number of aryl methyl sites for hydroxylation is 1. The smallest absolute Gasteiger partial charge is 0.270 e. The number of nitrogens with one attached hydrogen (secondary N) is 2. The summed E-state index contributed by atoms with van der Waals surface area (Å²) < 4.78 is 0. The van der Waals surface area contributed by atoms with Crippen molar-refractivity contribution >= 4 is 11.7 Å². The van der Waals surface area contributed by atoms with Gasteiger partial charge in [0.2, 0.25) is 0 Å². The molecule has 0 fully saturated rings. The van der Waals surface area contributed by atoms with E-state index in [2.05, 4.69) is 27.5 Å². The SMILES string of the molecule is CCCNc1cc(C(=O)NCCc2ccccc2)nc(C)n1. The predicted molar refractivity (Wildman–Crippen MR) is 88.0 cm³/mol. The zero-order valence-corrected chi connectivity index (χ0v) is 13.1. The van der Waals surface area contributed by atoms with E-state index >= 15 is 0 Å². The molecule has 0 spiro atoms. The molecule has 0 bridgehead atoms. The van der Waals surface area contributed by atoms with Crippen LogP contribution in [0, 0.1) is 6.92 Å². The Bertz CT molecular complexity index is 613. The number of carbonyl (C=O) groups excluding carboxylic acids is 1. The van der Waals surface area contributed by atoms with E-state index in [-0.39, 0.29) is 5.91 Å². The molecular weight excluding hydrogens is 276 g/mol. The molecule has 1 aromatic heterocycles. The first-order valence-electron chi connectivity index (χ1n) is 7.60. The number of carbonyl (C=O) groups is 1. The molecule has 116 valence electrons. The number of anilines is 1. The summed E-state index contributed by atoms with van der Waals surface area (Å²) in [7, 11) is 0. The van der Waals surface area contributed by atoms with Gasteiger partial charge in [-0.3, -0.25) is 4.79 Å². The summed E-state index contributed by atoms with van der Waals surface area (Å²) in [6.07, 6.45) is 1.80. The van der Waals surface area contributed by atoms with Gasteiger partial charge in [0.15, 0.2) is 0 Å². The molecule has 0 saturated carbocycles. The van der Waals surface area contributed by atoms with Crippen molar-refractivity contribution in [3.63, 3.8) is 0 Å². The molecule has 2 N–H and O–H groups in total. The highest BCUT2D eigenvalue weighted by atomic mass is 16.1. The van der Waals surface area contributed by atoms with Crippen LogP contribution >= 0.6 is 0 Å². The fourth-order valence-corrected chi connectivity index (χ4v) is 2.08. The van der Waals surface area contributed by atoms with Crippen LogP contribution in [0.4, 0.5) is 5.82 Å². The standard InChI is InChI=1S/C17H22N4O/c1-3-10-18-16-12-15(20-13(2)21-16)17(22)19-11-9-14-7-5-4-6-8-14/h4-8,12H,3,9-11H2,1-2H3,(H,19,22)(H,18,20,21). The lowest BCUT2D eigenvalue weighted by Gasteiger charge is -2.08. The van der Waals surface area contributed by atoms with E-state index in [1.165, 1.54) is 5.56 Å². The average Bonchev–Trinajstić information content (AvgIpc) is 2.53. The van der Waals surface area contributed by atoms with Gasteiger partial charge in [-0.2, -0.15) is 0 Å². The van der Waals surface area contributed by atoms with Crippen molar-refractivity contribution in [2.24, 2.45) is 0 Å². The van der Waals surface area contributed by atoms with Gasteiger partial charge in [0, 0.05) is 19.2 Å². The summed E-state index contributed by atoms with van der Waals surface area (Å²) in [5.41, 5.74) is 1.60. The second-order valence-electron chi connectivity index (χ2n) is 5.10. The number of benzene rings is 1. The van der Waals surface area contributed by atoms with Gasteiger partial charge in [0.25, 0.3) is 5.91 Å². The van der Waals surface area contributed by atoms with E-state index in [1.54, 1.807) is 13.0 Å². The van der Waals surface area contributed by atoms with Crippen LogP contribution in [-0.4, -0.2) is 29.0 Å².